The van der Waals surface area contributed by atoms with Gasteiger partial charge in [0, 0.05) is 24.3 Å². The Morgan fingerprint density at radius 1 is 0.731 bits per heavy atom. The highest BCUT2D eigenvalue weighted by Crippen LogP contribution is 2.46. The SMILES string of the molecule is COc1cc(-c2[o+]c3cc(O)cc(O[C@@H]4O[C@H](CO)[C@@H](O)[C@H](O)[C@H]4O)c3cc2O[C@@H]2O[C@H](COC(=O)CC(=O)O)[C@@H](O)[C@H](O)[C@H]2O)cc(OC)c1O. The Balaban J connectivity index is 1.60. The Labute approximate surface area is 292 Å². The minimum atomic E-state index is -1.96. The Bertz CT molecular complexity index is 1740. The summed E-state index contributed by atoms with van der Waals surface area (Å²) in [7, 11) is 2.52. The van der Waals surface area contributed by atoms with Gasteiger partial charge in [0.1, 0.15) is 78.7 Å². The van der Waals surface area contributed by atoms with E-state index in [2.05, 4.69) is 0 Å². The summed E-state index contributed by atoms with van der Waals surface area (Å²) in [6.07, 6.45) is -18.5. The largest absolute Gasteiger partial charge is 0.507 e. The number of carboxylic acid groups (broad SMARTS) is 1. The van der Waals surface area contributed by atoms with Crippen LogP contribution in [0.3, 0.4) is 0 Å². The molecule has 0 saturated carbocycles. The summed E-state index contributed by atoms with van der Waals surface area (Å²) in [5.74, 6) is -4.41. The van der Waals surface area contributed by atoms with Crippen molar-refractivity contribution in [2.45, 2.75) is 67.8 Å². The van der Waals surface area contributed by atoms with Gasteiger partial charge in [0.25, 0.3) is 0 Å². The number of carbonyl (C=O) groups is 2. The number of methoxy groups -OCH3 is 2. The van der Waals surface area contributed by atoms with Crippen LogP contribution in [0.15, 0.2) is 34.7 Å². The summed E-state index contributed by atoms with van der Waals surface area (Å²) in [6.45, 7) is -1.51. The number of aromatic hydroxyl groups is 2. The zero-order chi connectivity index (χ0) is 38.0. The molecule has 0 radical (unpaired) electrons. The molecule has 2 saturated heterocycles. The van der Waals surface area contributed by atoms with Gasteiger partial charge in [0.2, 0.25) is 24.1 Å². The molecule has 10 N–H and O–H groups in total. The second-order valence-electron chi connectivity index (χ2n) is 11.7. The lowest BCUT2D eigenvalue weighted by Gasteiger charge is -2.39. The summed E-state index contributed by atoms with van der Waals surface area (Å²) >= 11 is 0. The number of rotatable bonds is 12. The van der Waals surface area contributed by atoms with Gasteiger partial charge in [-0.1, -0.05) is 0 Å². The van der Waals surface area contributed by atoms with Gasteiger partial charge in [-0.05, 0) is 0 Å². The van der Waals surface area contributed by atoms with Gasteiger partial charge >= 0.3 is 23.3 Å². The number of aliphatic hydroxyl groups is 7. The third-order valence-electron chi connectivity index (χ3n) is 8.25. The number of esters is 1. The molecule has 284 valence electrons. The van der Waals surface area contributed by atoms with E-state index in [0.29, 0.717) is 0 Å². The van der Waals surface area contributed by atoms with E-state index in [9.17, 15) is 55.5 Å². The topological polar surface area (TPSA) is 312 Å². The van der Waals surface area contributed by atoms with E-state index in [1.165, 1.54) is 32.4 Å². The molecule has 20 nitrogen and oxygen atoms in total. The predicted molar refractivity (Wildman–Crippen MR) is 167 cm³/mol. The summed E-state index contributed by atoms with van der Waals surface area (Å²) in [5.41, 5.74) is -0.00934. The van der Waals surface area contributed by atoms with Crippen molar-refractivity contribution in [3.8, 4) is 45.8 Å². The van der Waals surface area contributed by atoms with Crippen LogP contribution < -0.4 is 18.9 Å². The Morgan fingerprint density at radius 3 is 1.85 bits per heavy atom. The molecule has 2 fully saturated rings. The minimum Gasteiger partial charge on any atom is -0.507 e. The molecule has 5 rings (SSSR count). The van der Waals surface area contributed by atoms with Gasteiger partial charge in [-0.3, -0.25) is 9.59 Å². The number of aliphatic carboxylic acids is 1. The van der Waals surface area contributed by atoms with Gasteiger partial charge in [0.05, 0.1) is 32.5 Å². The summed E-state index contributed by atoms with van der Waals surface area (Å²) < 4.78 is 44.4. The molecular weight excluding hydrogens is 704 g/mol. The number of carboxylic acids is 1. The van der Waals surface area contributed by atoms with Crippen LogP contribution in [0.4, 0.5) is 0 Å². The number of carbonyl (C=O) groups excluding carboxylic acids is 1. The first-order valence-corrected chi connectivity index (χ1v) is 15.5. The highest BCUT2D eigenvalue weighted by Gasteiger charge is 2.47. The van der Waals surface area contributed by atoms with Crippen molar-refractivity contribution in [3.63, 3.8) is 0 Å². The van der Waals surface area contributed by atoms with Crippen LogP contribution in [0.2, 0.25) is 0 Å². The number of ether oxygens (including phenoxy) is 7. The molecular formula is C32H37O20+. The van der Waals surface area contributed by atoms with Gasteiger partial charge in [-0.2, -0.15) is 0 Å². The molecule has 52 heavy (non-hydrogen) atoms. The number of hydrogen-bond donors (Lipinski definition) is 10. The standard InChI is InChI=1S/C32H36O20/c1-45-16-3-11(4-17(46-2)23(16)38)30-18(50-32-29(44)27(42)25(40)20(52-32)10-47-22(37)8-21(35)36)7-13-14(48-30)5-12(34)6-15(13)49-31-28(43)26(41)24(39)19(9-33)51-31/h3-7,19-20,24-29,31-33,39-44H,8-10H2,1-2H3,(H2-,34,35,36,38)/p+1/t19-,20-,24-,25-,26+,27+,28-,29-,31-,32-/m1/s1. The third-order valence-corrected chi connectivity index (χ3v) is 8.25. The maximum atomic E-state index is 11.8. The van der Waals surface area contributed by atoms with Crippen molar-refractivity contribution in [1.82, 2.24) is 0 Å². The van der Waals surface area contributed by atoms with E-state index in [1.807, 2.05) is 0 Å². The van der Waals surface area contributed by atoms with Crippen molar-refractivity contribution in [1.29, 1.82) is 0 Å². The van der Waals surface area contributed by atoms with Gasteiger partial charge in [0.15, 0.2) is 11.5 Å². The number of phenolic OH excluding ortho intramolecular Hbond substituents is 2. The lowest BCUT2D eigenvalue weighted by Crippen LogP contribution is -2.60. The first-order valence-electron chi connectivity index (χ1n) is 15.5. The van der Waals surface area contributed by atoms with E-state index >= 15 is 0 Å². The van der Waals surface area contributed by atoms with Crippen molar-refractivity contribution < 1.29 is 98.2 Å². The molecule has 0 spiro atoms. The summed E-state index contributed by atoms with van der Waals surface area (Å²) in [5, 5.41) is 103. The van der Waals surface area contributed by atoms with Gasteiger partial charge in [-0.25, -0.2) is 4.42 Å². The number of benzene rings is 2. The summed E-state index contributed by atoms with van der Waals surface area (Å²) in [4.78, 5) is 22.7. The monoisotopic (exact) mass is 741 g/mol. The molecule has 2 aliphatic heterocycles. The normalized spacial score (nSPS) is 28.9. The van der Waals surface area contributed by atoms with E-state index in [1.54, 1.807) is 0 Å². The average Bonchev–Trinajstić information content (AvgIpc) is 3.11. The zero-order valence-electron chi connectivity index (χ0n) is 27.3. The molecule has 2 aromatic carbocycles. The number of aliphatic hydroxyl groups excluding tert-OH is 7. The maximum Gasteiger partial charge on any atom is 0.402 e. The fraction of sp³-hybridized carbons (Fsp3) is 0.469. The minimum absolute atomic E-state index is 0.0174. The third kappa shape index (κ3) is 7.84. The molecule has 0 amide bonds. The Hall–Kier alpha value is -4.77. The van der Waals surface area contributed by atoms with Crippen LogP contribution in [0.1, 0.15) is 6.42 Å². The van der Waals surface area contributed by atoms with Crippen molar-refractivity contribution >= 4 is 22.9 Å². The molecule has 0 aliphatic carbocycles. The molecule has 2 aliphatic rings. The van der Waals surface area contributed by atoms with Crippen LogP contribution in [0, 0.1) is 0 Å². The lowest BCUT2D eigenvalue weighted by molar-refractivity contribution is -0.278. The van der Waals surface area contributed by atoms with E-state index in [4.69, 9.17) is 42.7 Å². The Morgan fingerprint density at radius 2 is 1.29 bits per heavy atom. The lowest BCUT2D eigenvalue weighted by atomic mass is 9.99. The molecule has 0 bridgehead atoms. The fourth-order valence-corrected chi connectivity index (χ4v) is 5.50. The van der Waals surface area contributed by atoms with E-state index in [-0.39, 0.29) is 51.0 Å². The molecule has 20 heteroatoms. The molecule has 3 heterocycles. The van der Waals surface area contributed by atoms with Crippen molar-refractivity contribution in [3.05, 3.63) is 30.3 Å². The van der Waals surface area contributed by atoms with Crippen LogP contribution in [0.5, 0.6) is 34.5 Å². The van der Waals surface area contributed by atoms with Crippen molar-refractivity contribution in [2.24, 2.45) is 0 Å². The van der Waals surface area contributed by atoms with Crippen LogP contribution in [-0.2, 0) is 23.8 Å². The molecule has 1 aromatic heterocycles. The summed E-state index contributed by atoms with van der Waals surface area (Å²) in [6, 6.07) is 6.10. The number of hydrogen-bond acceptors (Lipinski definition) is 18. The van der Waals surface area contributed by atoms with Gasteiger partial charge < -0.3 is 84.2 Å². The Kier molecular flexibility index (Phi) is 11.7. The second-order valence-corrected chi connectivity index (χ2v) is 11.7. The smallest absolute Gasteiger partial charge is 0.402 e. The first kappa shape index (κ1) is 38.5. The van der Waals surface area contributed by atoms with E-state index in [0.717, 1.165) is 12.1 Å². The highest BCUT2D eigenvalue weighted by molar-refractivity contribution is 5.90. The van der Waals surface area contributed by atoms with Crippen LogP contribution >= 0.6 is 0 Å². The molecule has 3 aromatic rings. The molecule has 10 atom stereocenters. The van der Waals surface area contributed by atoms with Crippen LogP contribution in [-0.4, -0.2) is 152 Å². The average molecular weight is 742 g/mol. The predicted octanol–water partition coefficient (Wildman–Crippen LogP) is -1.81. The first-order chi connectivity index (χ1) is 24.7. The second kappa shape index (κ2) is 15.9. The van der Waals surface area contributed by atoms with Gasteiger partial charge in [-0.15, -0.1) is 0 Å². The fourth-order valence-electron chi connectivity index (χ4n) is 5.50. The zero-order valence-corrected chi connectivity index (χ0v) is 27.3. The number of phenols is 2. The van der Waals surface area contributed by atoms with Crippen LogP contribution in [0.25, 0.3) is 22.3 Å². The quantitative estimate of drug-likeness (QED) is 0.0556. The molecule has 0 unspecified atom stereocenters. The number of fused-ring (bicyclic) bond motifs is 1. The highest BCUT2D eigenvalue weighted by atomic mass is 16.7. The maximum absolute atomic E-state index is 11.8. The van der Waals surface area contributed by atoms with Crippen molar-refractivity contribution in [2.75, 3.05) is 27.4 Å². The van der Waals surface area contributed by atoms with E-state index < -0.39 is 98.7 Å².